The van der Waals surface area contributed by atoms with Crippen LogP contribution in [-0.2, 0) is 12.2 Å². The van der Waals surface area contributed by atoms with E-state index in [1.807, 2.05) is 41.0 Å². The number of thioether (sulfide) groups is 1. The Hall–Kier alpha value is -4.24. The van der Waals surface area contributed by atoms with E-state index in [4.69, 9.17) is 0 Å². The predicted molar refractivity (Wildman–Crippen MR) is 142 cm³/mol. The van der Waals surface area contributed by atoms with Crippen LogP contribution in [0.2, 0.25) is 0 Å². The predicted octanol–water partition coefficient (Wildman–Crippen LogP) is 5.17. The highest BCUT2D eigenvalue weighted by Gasteiger charge is 2.17. The molecule has 0 aliphatic carbocycles. The first kappa shape index (κ1) is 24.5. The van der Waals surface area contributed by atoms with Gasteiger partial charge in [-0.25, -0.2) is 9.07 Å². The summed E-state index contributed by atoms with van der Waals surface area (Å²) in [5.74, 6) is 0.899. The van der Waals surface area contributed by atoms with Crippen molar-refractivity contribution >= 4 is 17.7 Å². The number of nitrogens with zero attached hydrogens (tertiary/aromatic N) is 5. The molecule has 0 radical (unpaired) electrons. The molecule has 0 unspecified atom stereocenters. The molecule has 5 rings (SSSR count). The average molecular weight is 513 g/mol. The zero-order valence-corrected chi connectivity index (χ0v) is 21.0. The molecule has 2 heterocycles. The molecule has 0 fully saturated rings. The Bertz CT molecular complexity index is 1500. The lowest BCUT2D eigenvalue weighted by atomic mass is 10.1. The van der Waals surface area contributed by atoms with Gasteiger partial charge in [0.05, 0.1) is 11.3 Å². The molecule has 1 N–H and O–H groups in total. The van der Waals surface area contributed by atoms with E-state index >= 15 is 0 Å². The van der Waals surface area contributed by atoms with Gasteiger partial charge in [-0.15, -0.1) is 10.2 Å². The lowest BCUT2D eigenvalue weighted by Crippen LogP contribution is -2.27. The summed E-state index contributed by atoms with van der Waals surface area (Å²) >= 11 is 1.57. The topological polar surface area (TPSA) is 77.6 Å². The Kier molecular flexibility index (Phi) is 7.41. The van der Waals surface area contributed by atoms with Crippen LogP contribution in [0.25, 0.3) is 11.4 Å². The van der Waals surface area contributed by atoms with E-state index in [9.17, 15) is 9.18 Å². The van der Waals surface area contributed by atoms with E-state index in [0.29, 0.717) is 35.2 Å². The SMILES string of the molecule is Cc1ccccc1CSc1nnc(CCNC(=O)c2ccccc2-n2cccn2)n1-c1ccc(F)cc1. The highest BCUT2D eigenvalue weighted by atomic mass is 32.2. The van der Waals surface area contributed by atoms with Crippen molar-refractivity contribution in [2.24, 2.45) is 0 Å². The highest BCUT2D eigenvalue weighted by molar-refractivity contribution is 7.98. The van der Waals surface area contributed by atoms with Gasteiger partial charge in [0.2, 0.25) is 0 Å². The van der Waals surface area contributed by atoms with Crippen LogP contribution in [0.3, 0.4) is 0 Å². The van der Waals surface area contributed by atoms with Crippen molar-refractivity contribution in [3.05, 3.63) is 120 Å². The molecular weight excluding hydrogens is 487 g/mol. The van der Waals surface area contributed by atoms with Crippen LogP contribution in [-0.4, -0.2) is 37.0 Å². The second-order valence-electron chi connectivity index (χ2n) is 8.40. The van der Waals surface area contributed by atoms with Crippen LogP contribution in [0, 0.1) is 12.7 Å². The molecule has 186 valence electrons. The third-order valence-corrected chi connectivity index (χ3v) is 6.92. The number of amides is 1. The maximum Gasteiger partial charge on any atom is 0.253 e. The molecule has 0 atom stereocenters. The number of aryl methyl sites for hydroxylation is 1. The Balaban J connectivity index is 1.33. The van der Waals surface area contributed by atoms with Gasteiger partial charge in [0, 0.05) is 36.8 Å². The van der Waals surface area contributed by atoms with E-state index in [-0.39, 0.29) is 11.7 Å². The van der Waals surface area contributed by atoms with Gasteiger partial charge in [-0.05, 0) is 60.5 Å². The van der Waals surface area contributed by atoms with Gasteiger partial charge >= 0.3 is 0 Å². The van der Waals surface area contributed by atoms with Crippen molar-refractivity contribution in [3.63, 3.8) is 0 Å². The van der Waals surface area contributed by atoms with Crippen LogP contribution in [0.15, 0.2) is 96.4 Å². The number of hydrogen-bond donors (Lipinski definition) is 1. The van der Waals surface area contributed by atoms with Crippen molar-refractivity contribution in [1.82, 2.24) is 29.9 Å². The monoisotopic (exact) mass is 512 g/mol. The number of para-hydroxylation sites is 1. The maximum absolute atomic E-state index is 13.6. The van der Waals surface area contributed by atoms with Crippen molar-refractivity contribution in [2.45, 2.75) is 24.3 Å². The number of rotatable bonds is 9. The lowest BCUT2D eigenvalue weighted by Gasteiger charge is -2.12. The van der Waals surface area contributed by atoms with Crippen molar-refractivity contribution in [3.8, 4) is 11.4 Å². The van der Waals surface area contributed by atoms with Crippen LogP contribution in [0.4, 0.5) is 4.39 Å². The molecule has 37 heavy (non-hydrogen) atoms. The first-order chi connectivity index (χ1) is 18.1. The Morgan fingerprint density at radius 3 is 2.54 bits per heavy atom. The van der Waals surface area contributed by atoms with Gasteiger partial charge in [-0.1, -0.05) is 48.2 Å². The summed E-state index contributed by atoms with van der Waals surface area (Å²) in [5, 5.41) is 16.8. The van der Waals surface area contributed by atoms with E-state index in [1.54, 1.807) is 47.0 Å². The third kappa shape index (κ3) is 5.62. The first-order valence-electron chi connectivity index (χ1n) is 11.8. The van der Waals surface area contributed by atoms with Crippen molar-refractivity contribution in [1.29, 1.82) is 0 Å². The second-order valence-corrected chi connectivity index (χ2v) is 9.34. The molecule has 0 saturated carbocycles. The average Bonchev–Trinajstić information content (AvgIpc) is 3.59. The summed E-state index contributed by atoms with van der Waals surface area (Å²) in [4.78, 5) is 13.0. The summed E-state index contributed by atoms with van der Waals surface area (Å²) in [6.45, 7) is 2.44. The van der Waals surface area contributed by atoms with Crippen LogP contribution in [0.5, 0.6) is 0 Å². The molecule has 0 aliphatic rings. The molecule has 1 amide bonds. The standard InChI is InChI=1S/C28H25FN6OS/c1-20-7-2-3-8-21(20)19-37-28-33-32-26(35(28)23-13-11-22(29)12-14-23)15-17-30-27(36)24-9-4-5-10-25(24)34-18-6-16-31-34/h2-14,16,18H,15,17,19H2,1H3,(H,30,36). The van der Waals surface area contributed by atoms with Gasteiger partial charge in [0.15, 0.2) is 5.16 Å². The fraction of sp³-hybridized carbons (Fsp3) is 0.143. The lowest BCUT2D eigenvalue weighted by molar-refractivity contribution is 0.0953. The van der Waals surface area contributed by atoms with Gasteiger partial charge in [0.25, 0.3) is 5.91 Å². The Morgan fingerprint density at radius 1 is 0.973 bits per heavy atom. The Labute approximate surface area is 218 Å². The summed E-state index contributed by atoms with van der Waals surface area (Å²) in [6, 6.07) is 23.6. The molecule has 3 aromatic carbocycles. The zero-order valence-electron chi connectivity index (χ0n) is 20.2. The fourth-order valence-corrected chi connectivity index (χ4v) is 5.03. The summed E-state index contributed by atoms with van der Waals surface area (Å²) < 4.78 is 17.2. The Morgan fingerprint density at radius 2 is 1.76 bits per heavy atom. The minimum Gasteiger partial charge on any atom is -0.352 e. The van der Waals surface area contributed by atoms with Gasteiger partial charge < -0.3 is 5.32 Å². The third-order valence-electron chi connectivity index (χ3n) is 5.94. The van der Waals surface area contributed by atoms with Gasteiger partial charge in [-0.2, -0.15) is 5.10 Å². The largest absolute Gasteiger partial charge is 0.352 e. The molecule has 0 spiro atoms. The van der Waals surface area contributed by atoms with E-state index in [2.05, 4.69) is 39.7 Å². The fourth-order valence-electron chi connectivity index (χ4n) is 3.98. The molecule has 7 nitrogen and oxygen atoms in total. The molecule has 0 saturated heterocycles. The molecule has 0 bridgehead atoms. The summed E-state index contributed by atoms with van der Waals surface area (Å²) in [6.07, 6.45) is 3.92. The van der Waals surface area contributed by atoms with E-state index in [1.165, 1.54) is 23.3 Å². The second kappa shape index (κ2) is 11.2. The van der Waals surface area contributed by atoms with Crippen LogP contribution < -0.4 is 5.32 Å². The number of benzene rings is 3. The minimum atomic E-state index is -0.310. The van der Waals surface area contributed by atoms with Crippen molar-refractivity contribution in [2.75, 3.05) is 6.54 Å². The minimum absolute atomic E-state index is 0.201. The summed E-state index contributed by atoms with van der Waals surface area (Å²) in [5.41, 5.74) is 4.42. The molecule has 9 heteroatoms. The molecule has 0 aliphatic heterocycles. The van der Waals surface area contributed by atoms with Gasteiger partial charge in [-0.3, -0.25) is 9.36 Å². The number of carbonyl (C=O) groups is 1. The smallest absolute Gasteiger partial charge is 0.253 e. The van der Waals surface area contributed by atoms with Crippen LogP contribution >= 0.6 is 11.8 Å². The molecular formula is C28H25FN6OS. The van der Waals surface area contributed by atoms with Crippen molar-refractivity contribution < 1.29 is 9.18 Å². The number of nitrogens with one attached hydrogen (secondary N) is 1. The maximum atomic E-state index is 13.6. The van der Waals surface area contributed by atoms with Gasteiger partial charge in [0.1, 0.15) is 11.6 Å². The highest BCUT2D eigenvalue weighted by Crippen LogP contribution is 2.27. The quantitative estimate of drug-likeness (QED) is 0.276. The first-order valence-corrected chi connectivity index (χ1v) is 12.8. The number of aromatic nitrogens is 5. The van der Waals surface area contributed by atoms with E-state index < -0.39 is 0 Å². The number of halogens is 1. The normalized spacial score (nSPS) is 11.0. The van der Waals surface area contributed by atoms with E-state index in [0.717, 1.165) is 11.4 Å². The number of hydrogen-bond acceptors (Lipinski definition) is 5. The summed E-state index contributed by atoms with van der Waals surface area (Å²) in [7, 11) is 0. The number of carbonyl (C=O) groups excluding carboxylic acids is 1. The van der Waals surface area contributed by atoms with Crippen LogP contribution in [0.1, 0.15) is 27.3 Å². The molecule has 5 aromatic rings. The zero-order chi connectivity index (χ0) is 25.6. The molecule has 2 aromatic heterocycles.